The highest BCUT2D eigenvalue weighted by atomic mass is 19.1. The van der Waals surface area contributed by atoms with Crippen molar-refractivity contribution in [2.24, 2.45) is 11.7 Å². The molecule has 3 nitrogen and oxygen atoms in total. The lowest BCUT2D eigenvalue weighted by Gasteiger charge is -2.32. The van der Waals surface area contributed by atoms with Crippen LogP contribution in [0, 0.1) is 17.6 Å². The van der Waals surface area contributed by atoms with E-state index >= 15 is 0 Å². The summed E-state index contributed by atoms with van der Waals surface area (Å²) in [6.45, 7) is 6.53. The molecule has 1 atom stereocenters. The molecule has 1 rings (SSSR count). The molecule has 5 heteroatoms. The van der Waals surface area contributed by atoms with Crippen LogP contribution in [-0.2, 0) is 4.74 Å². The zero-order chi connectivity index (χ0) is 15.1. The van der Waals surface area contributed by atoms with Crippen LogP contribution in [0.15, 0.2) is 18.2 Å². The summed E-state index contributed by atoms with van der Waals surface area (Å²) >= 11 is 0. The van der Waals surface area contributed by atoms with Gasteiger partial charge < -0.3 is 10.5 Å². The van der Waals surface area contributed by atoms with Gasteiger partial charge in [0.25, 0.3) is 0 Å². The Morgan fingerprint density at radius 1 is 1.20 bits per heavy atom. The number of ether oxygens (including phenoxy) is 1. The molecule has 0 saturated carbocycles. The molecule has 1 aromatic rings. The molecule has 114 valence electrons. The first-order valence-electron chi connectivity index (χ1n) is 6.87. The molecule has 0 aliphatic carbocycles. The predicted octanol–water partition coefficient (Wildman–Crippen LogP) is 2.57. The van der Waals surface area contributed by atoms with Crippen molar-refractivity contribution < 1.29 is 13.5 Å². The molecule has 0 aliphatic heterocycles. The van der Waals surface area contributed by atoms with Crippen LogP contribution in [0.4, 0.5) is 8.78 Å². The summed E-state index contributed by atoms with van der Waals surface area (Å²) in [4.78, 5) is 2.11. The van der Waals surface area contributed by atoms with E-state index in [4.69, 9.17) is 10.5 Å². The topological polar surface area (TPSA) is 38.5 Å². The van der Waals surface area contributed by atoms with Crippen molar-refractivity contribution in [2.45, 2.75) is 19.9 Å². The molecule has 0 heterocycles. The summed E-state index contributed by atoms with van der Waals surface area (Å²) in [5, 5.41) is 0. The number of nitrogens with two attached hydrogens (primary N) is 1. The van der Waals surface area contributed by atoms with Gasteiger partial charge in [0.2, 0.25) is 0 Å². The molecule has 0 saturated heterocycles. The molecule has 20 heavy (non-hydrogen) atoms. The van der Waals surface area contributed by atoms with Crippen LogP contribution in [0.1, 0.15) is 25.5 Å². The lowest BCUT2D eigenvalue weighted by molar-refractivity contribution is 0.111. The highest BCUT2D eigenvalue weighted by molar-refractivity contribution is 5.22. The summed E-state index contributed by atoms with van der Waals surface area (Å²) in [6, 6.07) is 3.36. The zero-order valence-electron chi connectivity index (χ0n) is 12.4. The fourth-order valence-electron chi connectivity index (χ4n) is 2.32. The van der Waals surface area contributed by atoms with Crippen molar-refractivity contribution in [1.29, 1.82) is 0 Å². The minimum Gasteiger partial charge on any atom is -0.383 e. The van der Waals surface area contributed by atoms with E-state index in [0.29, 0.717) is 31.2 Å². The first-order valence-corrected chi connectivity index (χ1v) is 6.87. The molecule has 1 unspecified atom stereocenters. The molecule has 0 aliphatic rings. The maximum absolute atomic E-state index is 13.4. The van der Waals surface area contributed by atoms with Gasteiger partial charge >= 0.3 is 0 Å². The number of halogens is 2. The van der Waals surface area contributed by atoms with Crippen molar-refractivity contribution in [3.05, 3.63) is 35.4 Å². The average Bonchev–Trinajstić information content (AvgIpc) is 2.34. The Hall–Kier alpha value is -1.04. The van der Waals surface area contributed by atoms with Gasteiger partial charge in [-0.2, -0.15) is 0 Å². The van der Waals surface area contributed by atoms with Crippen molar-refractivity contribution in [3.63, 3.8) is 0 Å². The largest absolute Gasteiger partial charge is 0.383 e. The van der Waals surface area contributed by atoms with Crippen LogP contribution in [-0.4, -0.2) is 38.3 Å². The van der Waals surface area contributed by atoms with Crippen molar-refractivity contribution in [2.75, 3.05) is 33.4 Å². The molecule has 2 N–H and O–H groups in total. The Balaban J connectivity index is 2.97. The van der Waals surface area contributed by atoms with E-state index < -0.39 is 11.6 Å². The lowest BCUT2D eigenvalue weighted by Crippen LogP contribution is -2.38. The normalized spacial score (nSPS) is 13.2. The Kier molecular flexibility index (Phi) is 7.05. The third-order valence-electron chi connectivity index (χ3n) is 3.12. The summed E-state index contributed by atoms with van der Waals surface area (Å²) < 4.78 is 31.9. The standard InChI is InChI=1S/C15H24F2N2O/c1-11(2)10-19(4-5-20-3)15(9-18)12-6-13(16)8-14(17)7-12/h6-8,11,15H,4-5,9-10,18H2,1-3H3. The van der Waals surface area contributed by atoms with Crippen LogP contribution in [0.5, 0.6) is 0 Å². The molecular weight excluding hydrogens is 262 g/mol. The SMILES string of the molecule is COCCN(CC(C)C)C(CN)c1cc(F)cc(F)c1. The first-order chi connectivity index (χ1) is 9.47. The summed E-state index contributed by atoms with van der Waals surface area (Å²) in [5.41, 5.74) is 6.40. The van der Waals surface area contributed by atoms with Crippen LogP contribution >= 0.6 is 0 Å². The third-order valence-corrected chi connectivity index (χ3v) is 3.12. The molecule has 0 fully saturated rings. The maximum Gasteiger partial charge on any atom is 0.126 e. The van der Waals surface area contributed by atoms with E-state index in [1.54, 1.807) is 7.11 Å². The third kappa shape index (κ3) is 5.15. The van der Waals surface area contributed by atoms with Gasteiger partial charge in [-0.3, -0.25) is 4.90 Å². The van der Waals surface area contributed by atoms with Crippen LogP contribution < -0.4 is 5.73 Å². The second kappa shape index (κ2) is 8.29. The Labute approximate surface area is 119 Å². The fourth-order valence-corrected chi connectivity index (χ4v) is 2.32. The van der Waals surface area contributed by atoms with E-state index in [1.165, 1.54) is 12.1 Å². The Morgan fingerprint density at radius 3 is 2.25 bits per heavy atom. The molecule has 0 aromatic heterocycles. The Bertz CT molecular complexity index is 393. The highest BCUT2D eigenvalue weighted by Gasteiger charge is 2.21. The molecule has 0 bridgehead atoms. The second-order valence-electron chi connectivity index (χ2n) is 5.34. The summed E-state index contributed by atoms with van der Waals surface area (Å²) in [7, 11) is 1.63. The minimum absolute atomic E-state index is 0.210. The van der Waals surface area contributed by atoms with Gasteiger partial charge in [-0.15, -0.1) is 0 Å². The van der Waals surface area contributed by atoms with Gasteiger partial charge in [0.15, 0.2) is 0 Å². The van der Waals surface area contributed by atoms with Gasteiger partial charge in [-0.25, -0.2) is 8.78 Å². The maximum atomic E-state index is 13.4. The average molecular weight is 286 g/mol. The number of methoxy groups -OCH3 is 1. The molecule has 1 aromatic carbocycles. The van der Waals surface area contributed by atoms with Gasteiger partial charge in [0, 0.05) is 38.9 Å². The monoisotopic (exact) mass is 286 g/mol. The van der Waals surface area contributed by atoms with Crippen LogP contribution in [0.3, 0.4) is 0 Å². The number of benzene rings is 1. The van der Waals surface area contributed by atoms with Crippen LogP contribution in [0.2, 0.25) is 0 Å². The summed E-state index contributed by atoms with van der Waals surface area (Å²) in [6.07, 6.45) is 0. The van der Waals surface area contributed by atoms with E-state index in [-0.39, 0.29) is 6.04 Å². The predicted molar refractivity (Wildman–Crippen MR) is 76.4 cm³/mol. The number of rotatable bonds is 8. The van der Waals surface area contributed by atoms with E-state index in [0.717, 1.165) is 12.6 Å². The van der Waals surface area contributed by atoms with Crippen molar-refractivity contribution in [3.8, 4) is 0 Å². The lowest BCUT2D eigenvalue weighted by atomic mass is 10.0. The Morgan fingerprint density at radius 2 is 1.80 bits per heavy atom. The molecular formula is C15H24F2N2O. The molecule has 0 spiro atoms. The van der Waals surface area contributed by atoms with E-state index in [2.05, 4.69) is 18.7 Å². The minimum atomic E-state index is -0.574. The first kappa shape index (κ1) is 17.0. The molecule has 0 radical (unpaired) electrons. The number of hydrogen-bond acceptors (Lipinski definition) is 3. The van der Waals surface area contributed by atoms with E-state index in [1.807, 2.05) is 0 Å². The smallest absolute Gasteiger partial charge is 0.126 e. The van der Waals surface area contributed by atoms with E-state index in [9.17, 15) is 8.78 Å². The molecule has 0 amide bonds. The number of nitrogens with zero attached hydrogens (tertiary/aromatic N) is 1. The van der Waals surface area contributed by atoms with Gasteiger partial charge in [0.05, 0.1) is 6.61 Å². The van der Waals surface area contributed by atoms with Gasteiger partial charge in [-0.1, -0.05) is 13.8 Å². The van der Waals surface area contributed by atoms with Gasteiger partial charge in [-0.05, 0) is 23.6 Å². The second-order valence-corrected chi connectivity index (χ2v) is 5.34. The summed E-state index contributed by atoms with van der Waals surface area (Å²) in [5.74, 6) is -0.719. The number of hydrogen-bond donors (Lipinski definition) is 1. The van der Waals surface area contributed by atoms with Crippen molar-refractivity contribution >= 4 is 0 Å². The highest BCUT2D eigenvalue weighted by Crippen LogP contribution is 2.22. The zero-order valence-corrected chi connectivity index (χ0v) is 12.4. The van der Waals surface area contributed by atoms with Crippen molar-refractivity contribution in [1.82, 2.24) is 4.90 Å². The van der Waals surface area contributed by atoms with Gasteiger partial charge in [0.1, 0.15) is 11.6 Å². The quantitative estimate of drug-likeness (QED) is 0.798. The fraction of sp³-hybridized carbons (Fsp3) is 0.600. The van der Waals surface area contributed by atoms with Crippen LogP contribution in [0.25, 0.3) is 0 Å².